The van der Waals surface area contributed by atoms with Gasteiger partial charge in [-0.1, -0.05) is 0 Å². The van der Waals surface area contributed by atoms with Gasteiger partial charge in [-0.25, -0.2) is 0 Å². The lowest BCUT2D eigenvalue weighted by Crippen LogP contribution is -2.56. The Balaban J connectivity index is 6.29. The van der Waals surface area contributed by atoms with Crippen molar-refractivity contribution in [3.05, 3.63) is 0 Å². The Morgan fingerprint density at radius 1 is 0.655 bits per heavy atom. The summed E-state index contributed by atoms with van der Waals surface area (Å²) >= 11 is 0. The molecule has 0 radical (unpaired) electrons. The van der Waals surface area contributed by atoms with Crippen molar-refractivity contribution in [1.82, 2.24) is 5.32 Å². The molecule has 12 nitrogen and oxygen atoms in total. The number of rotatable bonds is 10. The molecule has 0 heterocycles. The minimum atomic E-state index is -1.76. The van der Waals surface area contributed by atoms with Gasteiger partial charge in [0.1, 0.15) is 6.61 Å². The Bertz CT molecular complexity index is 645. The molecule has 0 fully saturated rings. The number of carbonyl (C=O) groups excluding carboxylic acids is 6. The second-order valence-electron chi connectivity index (χ2n) is 5.74. The van der Waals surface area contributed by atoms with E-state index in [1.54, 1.807) is 0 Å². The van der Waals surface area contributed by atoms with Crippen molar-refractivity contribution < 1.29 is 52.5 Å². The molecule has 0 aliphatic carbocycles. The lowest BCUT2D eigenvalue weighted by Gasteiger charge is -2.34. The number of likely N-dealkylation sites (N-methyl/N-ethyl adjacent to an activating group) is 1. The Kier molecular flexibility index (Phi) is 11.0. The van der Waals surface area contributed by atoms with Gasteiger partial charge in [0.05, 0.1) is 0 Å². The van der Waals surface area contributed by atoms with Crippen molar-refractivity contribution in [3.8, 4) is 0 Å². The molecule has 12 heteroatoms. The van der Waals surface area contributed by atoms with Crippen LogP contribution in [-0.2, 0) is 52.5 Å². The van der Waals surface area contributed by atoms with E-state index in [-0.39, 0.29) is 0 Å². The van der Waals surface area contributed by atoms with Crippen LogP contribution in [0.15, 0.2) is 0 Å². The maximum atomic E-state index is 12.3. The molecule has 4 atom stereocenters. The first kappa shape index (κ1) is 25.8. The Labute approximate surface area is 167 Å². The number of amides is 1. The summed E-state index contributed by atoms with van der Waals surface area (Å²) in [6, 6.07) is 0. The summed E-state index contributed by atoms with van der Waals surface area (Å²) in [4.78, 5) is 69.7. The molecule has 29 heavy (non-hydrogen) atoms. The fourth-order valence-corrected chi connectivity index (χ4v) is 2.24. The number of carbonyl (C=O) groups is 6. The molecule has 0 spiro atoms. The van der Waals surface area contributed by atoms with Crippen LogP contribution in [-0.4, -0.2) is 73.8 Å². The van der Waals surface area contributed by atoms with Gasteiger partial charge in [-0.2, -0.15) is 0 Å². The quantitative estimate of drug-likeness (QED) is 0.342. The van der Waals surface area contributed by atoms with Crippen LogP contribution in [0.1, 0.15) is 34.6 Å². The standard InChI is InChI=1S/C17H25NO11/c1-8(19)25-7-13(26-9(2)20)14(27-10(3)21)15(28-11(4)22)16(17(24)18-6)29-12(5)23/h13-16H,7H2,1-6H3,(H,18,24)/t13-,14+,15+,16+/m1/s1. The van der Waals surface area contributed by atoms with Crippen molar-refractivity contribution >= 4 is 35.8 Å². The first-order valence-electron chi connectivity index (χ1n) is 8.42. The third kappa shape index (κ3) is 10.1. The summed E-state index contributed by atoms with van der Waals surface area (Å²) < 4.78 is 25.0. The Hall–Kier alpha value is -3.18. The smallest absolute Gasteiger partial charge is 0.303 e. The van der Waals surface area contributed by atoms with E-state index in [4.69, 9.17) is 23.7 Å². The van der Waals surface area contributed by atoms with Gasteiger partial charge in [0.15, 0.2) is 18.3 Å². The van der Waals surface area contributed by atoms with Crippen LogP contribution < -0.4 is 5.32 Å². The average molecular weight is 419 g/mol. The van der Waals surface area contributed by atoms with Crippen LogP contribution >= 0.6 is 0 Å². The van der Waals surface area contributed by atoms with Crippen LogP contribution in [0.25, 0.3) is 0 Å². The van der Waals surface area contributed by atoms with Crippen molar-refractivity contribution in [2.45, 2.75) is 59.0 Å². The fraction of sp³-hybridized carbons (Fsp3) is 0.647. The predicted molar refractivity (Wildman–Crippen MR) is 92.9 cm³/mol. The number of ether oxygens (including phenoxy) is 5. The van der Waals surface area contributed by atoms with Crippen molar-refractivity contribution in [3.63, 3.8) is 0 Å². The zero-order valence-corrected chi connectivity index (χ0v) is 17.0. The molecule has 0 aliphatic rings. The van der Waals surface area contributed by atoms with E-state index < -0.39 is 66.8 Å². The lowest BCUT2D eigenvalue weighted by molar-refractivity contribution is -0.203. The summed E-state index contributed by atoms with van der Waals surface area (Å²) in [7, 11) is 1.23. The van der Waals surface area contributed by atoms with Gasteiger partial charge in [-0.15, -0.1) is 0 Å². The fourth-order valence-electron chi connectivity index (χ4n) is 2.24. The first-order chi connectivity index (χ1) is 13.4. The maximum absolute atomic E-state index is 12.3. The highest BCUT2D eigenvalue weighted by Crippen LogP contribution is 2.20. The SMILES string of the molecule is CNC(=O)[C@@H](OC(C)=O)[C@@H](OC(C)=O)[C@@H](OC(C)=O)[C@@H](COC(C)=O)OC(C)=O. The van der Waals surface area contributed by atoms with Crippen LogP contribution in [0.2, 0.25) is 0 Å². The van der Waals surface area contributed by atoms with Gasteiger partial charge in [-0.05, 0) is 0 Å². The second-order valence-corrected chi connectivity index (χ2v) is 5.74. The molecule has 0 aromatic rings. The van der Waals surface area contributed by atoms with Crippen molar-refractivity contribution in [2.75, 3.05) is 13.7 Å². The van der Waals surface area contributed by atoms with E-state index in [1.165, 1.54) is 7.05 Å². The Morgan fingerprint density at radius 3 is 1.48 bits per heavy atom. The largest absolute Gasteiger partial charge is 0.462 e. The first-order valence-corrected chi connectivity index (χ1v) is 8.42. The number of hydrogen-bond donors (Lipinski definition) is 1. The van der Waals surface area contributed by atoms with Gasteiger partial charge < -0.3 is 29.0 Å². The number of hydrogen-bond acceptors (Lipinski definition) is 11. The molecule has 0 bridgehead atoms. The molecule has 0 rings (SSSR count). The van der Waals surface area contributed by atoms with Crippen molar-refractivity contribution in [1.29, 1.82) is 0 Å². The van der Waals surface area contributed by atoms with Gasteiger partial charge in [0.2, 0.25) is 6.10 Å². The monoisotopic (exact) mass is 419 g/mol. The molecular formula is C17H25NO11. The molecule has 0 saturated heterocycles. The van der Waals surface area contributed by atoms with E-state index in [0.29, 0.717) is 0 Å². The minimum Gasteiger partial charge on any atom is -0.462 e. The second kappa shape index (κ2) is 12.3. The van der Waals surface area contributed by atoms with E-state index in [0.717, 1.165) is 34.6 Å². The predicted octanol–water partition coefficient (Wildman–Crippen LogP) is -0.978. The maximum Gasteiger partial charge on any atom is 0.303 e. The lowest BCUT2D eigenvalue weighted by atomic mass is 10.0. The average Bonchev–Trinajstić information content (AvgIpc) is 2.58. The molecule has 0 aromatic heterocycles. The van der Waals surface area contributed by atoms with Gasteiger partial charge in [0, 0.05) is 41.7 Å². The highest BCUT2D eigenvalue weighted by atomic mass is 16.6. The highest BCUT2D eigenvalue weighted by molar-refractivity contribution is 5.84. The highest BCUT2D eigenvalue weighted by Gasteiger charge is 2.46. The van der Waals surface area contributed by atoms with E-state index in [9.17, 15) is 28.8 Å². The molecule has 1 amide bonds. The molecule has 1 N–H and O–H groups in total. The molecule has 0 unspecified atom stereocenters. The third-order valence-electron chi connectivity index (χ3n) is 3.16. The molecule has 164 valence electrons. The van der Waals surface area contributed by atoms with Crippen molar-refractivity contribution in [2.24, 2.45) is 0 Å². The molecule has 0 aromatic carbocycles. The summed E-state index contributed by atoms with van der Waals surface area (Å²) in [6.07, 6.45) is -6.62. The number of esters is 5. The molecular weight excluding hydrogens is 394 g/mol. The van der Waals surface area contributed by atoms with Gasteiger partial charge >= 0.3 is 29.8 Å². The van der Waals surface area contributed by atoms with Gasteiger partial charge in [0.25, 0.3) is 5.91 Å². The van der Waals surface area contributed by atoms with Crippen LogP contribution in [0, 0.1) is 0 Å². The molecule has 0 saturated carbocycles. The van der Waals surface area contributed by atoms with E-state index >= 15 is 0 Å². The summed E-state index contributed by atoms with van der Waals surface area (Å²) in [6.45, 7) is 4.54. The topological polar surface area (TPSA) is 161 Å². The third-order valence-corrected chi connectivity index (χ3v) is 3.16. The summed E-state index contributed by atoms with van der Waals surface area (Å²) in [5.74, 6) is -5.19. The normalized spacial score (nSPS) is 14.3. The minimum absolute atomic E-state index is 0.592. The Morgan fingerprint density at radius 2 is 1.10 bits per heavy atom. The van der Waals surface area contributed by atoms with Crippen LogP contribution in [0.5, 0.6) is 0 Å². The summed E-state index contributed by atoms with van der Waals surface area (Å²) in [5.41, 5.74) is 0. The zero-order chi connectivity index (χ0) is 22.7. The van der Waals surface area contributed by atoms with Crippen LogP contribution in [0.3, 0.4) is 0 Å². The van der Waals surface area contributed by atoms with Crippen LogP contribution in [0.4, 0.5) is 0 Å². The molecule has 0 aliphatic heterocycles. The van der Waals surface area contributed by atoms with E-state index in [1.807, 2.05) is 0 Å². The van der Waals surface area contributed by atoms with E-state index in [2.05, 4.69) is 5.32 Å². The van der Waals surface area contributed by atoms with Gasteiger partial charge in [-0.3, -0.25) is 28.8 Å². The zero-order valence-electron chi connectivity index (χ0n) is 17.0. The number of nitrogens with one attached hydrogen (secondary N) is 1. The summed E-state index contributed by atoms with van der Waals surface area (Å²) in [5, 5.41) is 2.22.